The van der Waals surface area contributed by atoms with Crippen LogP contribution in [0.15, 0.2) is 0 Å². The summed E-state index contributed by atoms with van der Waals surface area (Å²) in [5, 5.41) is 11.0. The first kappa shape index (κ1) is 25.4. The van der Waals surface area contributed by atoms with E-state index in [1.54, 1.807) is 6.92 Å². The average Bonchev–Trinajstić information content (AvgIpc) is 2.62. The molecule has 0 radical (unpaired) electrons. The van der Waals surface area contributed by atoms with Crippen molar-refractivity contribution in [3.8, 4) is 0 Å². The molecule has 0 aromatic heterocycles. The van der Waals surface area contributed by atoms with Crippen molar-refractivity contribution in [2.24, 2.45) is 5.92 Å². The molecular formula is C20H36O7. The van der Waals surface area contributed by atoms with Gasteiger partial charge in [-0.1, -0.05) is 47.0 Å². The summed E-state index contributed by atoms with van der Waals surface area (Å²) in [5.74, 6) is -3.62. The first-order valence-corrected chi connectivity index (χ1v) is 10.1. The van der Waals surface area contributed by atoms with Gasteiger partial charge in [0.1, 0.15) is 0 Å². The second-order valence-electron chi connectivity index (χ2n) is 6.65. The number of ether oxygens (including phenoxy) is 3. The summed E-state index contributed by atoms with van der Waals surface area (Å²) in [6.07, 6.45) is 3.98. The maximum Gasteiger partial charge on any atom is 0.339 e. The Hall–Kier alpha value is -1.63. The van der Waals surface area contributed by atoms with Crippen molar-refractivity contribution in [2.75, 3.05) is 19.8 Å². The lowest BCUT2D eigenvalue weighted by Gasteiger charge is -2.31. The first-order chi connectivity index (χ1) is 12.9. The van der Waals surface area contributed by atoms with E-state index in [-0.39, 0.29) is 26.2 Å². The Morgan fingerprint density at radius 1 is 0.815 bits per heavy atom. The lowest BCUT2D eigenvalue weighted by Crippen LogP contribution is -2.52. The number of esters is 3. The van der Waals surface area contributed by atoms with Crippen LogP contribution >= 0.6 is 0 Å². The van der Waals surface area contributed by atoms with Crippen LogP contribution in [0.1, 0.15) is 79.1 Å². The monoisotopic (exact) mass is 388 g/mol. The van der Waals surface area contributed by atoms with Crippen LogP contribution in [0.3, 0.4) is 0 Å². The molecule has 0 bridgehead atoms. The molecule has 0 aliphatic heterocycles. The number of carbonyl (C=O) groups excluding carboxylic acids is 3. The maximum atomic E-state index is 12.6. The summed E-state index contributed by atoms with van der Waals surface area (Å²) in [4.78, 5) is 37.1. The third kappa shape index (κ3) is 9.22. The molecule has 0 fully saturated rings. The minimum Gasteiger partial charge on any atom is -0.466 e. The van der Waals surface area contributed by atoms with Gasteiger partial charge >= 0.3 is 17.9 Å². The average molecular weight is 389 g/mol. The molecule has 2 atom stereocenters. The third-order valence-corrected chi connectivity index (χ3v) is 4.27. The van der Waals surface area contributed by atoms with Crippen molar-refractivity contribution < 1.29 is 33.7 Å². The molecule has 0 aromatic rings. The second-order valence-corrected chi connectivity index (χ2v) is 6.65. The molecule has 158 valence electrons. The van der Waals surface area contributed by atoms with E-state index in [9.17, 15) is 19.5 Å². The lowest BCUT2D eigenvalue weighted by atomic mass is 9.82. The Balaban J connectivity index is 5.29. The first-order valence-electron chi connectivity index (χ1n) is 10.1. The largest absolute Gasteiger partial charge is 0.466 e. The van der Waals surface area contributed by atoms with E-state index in [1.165, 1.54) is 0 Å². The van der Waals surface area contributed by atoms with E-state index >= 15 is 0 Å². The minimum absolute atomic E-state index is 0.115. The van der Waals surface area contributed by atoms with Gasteiger partial charge in [-0.05, 0) is 25.7 Å². The van der Waals surface area contributed by atoms with Crippen LogP contribution < -0.4 is 0 Å². The van der Waals surface area contributed by atoms with Crippen LogP contribution in [0, 0.1) is 5.92 Å². The molecule has 0 rings (SSSR count). The smallest absolute Gasteiger partial charge is 0.339 e. The Bertz CT molecular complexity index is 450. The fraction of sp³-hybridized carbons (Fsp3) is 0.850. The molecule has 0 saturated carbocycles. The lowest BCUT2D eigenvalue weighted by molar-refractivity contribution is -0.187. The molecule has 0 heterocycles. The van der Waals surface area contributed by atoms with Gasteiger partial charge in [0, 0.05) is 0 Å². The molecule has 0 amide bonds. The Kier molecular flexibility index (Phi) is 13.6. The molecule has 1 N–H and O–H groups in total. The molecular weight excluding hydrogens is 352 g/mol. The molecule has 0 spiro atoms. The van der Waals surface area contributed by atoms with Crippen LogP contribution in [0.2, 0.25) is 0 Å². The summed E-state index contributed by atoms with van der Waals surface area (Å²) < 4.78 is 15.4. The number of aliphatic hydroxyl groups is 1. The normalized spacial score (nSPS) is 14.1. The van der Waals surface area contributed by atoms with Crippen LogP contribution in [0.5, 0.6) is 0 Å². The quantitative estimate of drug-likeness (QED) is 0.261. The van der Waals surface area contributed by atoms with Crippen LogP contribution in [0.25, 0.3) is 0 Å². The van der Waals surface area contributed by atoms with E-state index in [0.29, 0.717) is 19.3 Å². The van der Waals surface area contributed by atoms with Gasteiger partial charge in [-0.15, -0.1) is 0 Å². The van der Waals surface area contributed by atoms with Gasteiger partial charge in [0.15, 0.2) is 5.60 Å². The van der Waals surface area contributed by atoms with Gasteiger partial charge in [0.2, 0.25) is 0 Å². The Labute approximate surface area is 162 Å². The highest BCUT2D eigenvalue weighted by molar-refractivity contribution is 5.91. The van der Waals surface area contributed by atoms with E-state index in [0.717, 1.165) is 19.3 Å². The predicted molar refractivity (Wildman–Crippen MR) is 101 cm³/mol. The number of hydrogen-bond acceptors (Lipinski definition) is 7. The zero-order chi connectivity index (χ0) is 20.7. The number of carbonyl (C=O) groups is 3. The fourth-order valence-electron chi connectivity index (χ4n) is 2.49. The maximum absolute atomic E-state index is 12.6. The summed E-state index contributed by atoms with van der Waals surface area (Å²) in [7, 11) is 0. The van der Waals surface area contributed by atoms with Crippen LogP contribution in [-0.2, 0) is 28.6 Å². The summed E-state index contributed by atoms with van der Waals surface area (Å²) in [5.41, 5.74) is -2.30. The van der Waals surface area contributed by atoms with E-state index in [2.05, 4.69) is 0 Å². The standard InChI is InChI=1S/C20H36O7/c1-5-9-12-25-17(21)15-20(24,19(23)27-14-11-7-3)16(8-4)18(22)26-13-10-6-2/h16,24H,5-15H2,1-4H3. The number of rotatable bonds is 15. The van der Waals surface area contributed by atoms with Crippen molar-refractivity contribution in [1.82, 2.24) is 0 Å². The highest BCUT2D eigenvalue weighted by Gasteiger charge is 2.51. The van der Waals surface area contributed by atoms with E-state index in [1.807, 2.05) is 20.8 Å². The van der Waals surface area contributed by atoms with Crippen molar-refractivity contribution in [3.63, 3.8) is 0 Å². The van der Waals surface area contributed by atoms with Crippen molar-refractivity contribution in [2.45, 2.75) is 84.7 Å². The van der Waals surface area contributed by atoms with Gasteiger partial charge in [-0.2, -0.15) is 0 Å². The van der Waals surface area contributed by atoms with Crippen molar-refractivity contribution in [1.29, 1.82) is 0 Å². The molecule has 0 aliphatic carbocycles. The second kappa shape index (κ2) is 14.4. The minimum atomic E-state index is -2.30. The molecule has 0 saturated heterocycles. The van der Waals surface area contributed by atoms with Crippen LogP contribution in [-0.4, -0.2) is 48.4 Å². The summed E-state index contributed by atoms with van der Waals surface area (Å²) >= 11 is 0. The Morgan fingerprint density at radius 2 is 1.30 bits per heavy atom. The predicted octanol–water partition coefficient (Wildman–Crippen LogP) is 3.16. The highest BCUT2D eigenvalue weighted by atomic mass is 16.6. The van der Waals surface area contributed by atoms with Crippen molar-refractivity contribution >= 4 is 17.9 Å². The zero-order valence-electron chi connectivity index (χ0n) is 17.3. The number of hydrogen-bond donors (Lipinski definition) is 1. The van der Waals surface area contributed by atoms with Gasteiger partial charge in [-0.3, -0.25) is 9.59 Å². The van der Waals surface area contributed by atoms with E-state index < -0.39 is 35.8 Å². The molecule has 0 aliphatic rings. The molecule has 0 aromatic carbocycles. The van der Waals surface area contributed by atoms with Crippen molar-refractivity contribution in [3.05, 3.63) is 0 Å². The highest BCUT2D eigenvalue weighted by Crippen LogP contribution is 2.29. The van der Waals surface area contributed by atoms with Gasteiger partial charge < -0.3 is 19.3 Å². The SMILES string of the molecule is CCCCOC(=O)CC(O)(C(=O)OCCCC)C(CC)C(=O)OCCCC. The third-order valence-electron chi connectivity index (χ3n) is 4.27. The van der Waals surface area contributed by atoms with E-state index in [4.69, 9.17) is 14.2 Å². The Morgan fingerprint density at radius 3 is 1.78 bits per heavy atom. The number of unbranched alkanes of at least 4 members (excludes halogenated alkanes) is 3. The summed E-state index contributed by atoms with van der Waals surface area (Å²) in [6, 6.07) is 0. The van der Waals surface area contributed by atoms with Crippen LogP contribution in [0.4, 0.5) is 0 Å². The fourth-order valence-corrected chi connectivity index (χ4v) is 2.49. The topological polar surface area (TPSA) is 99.1 Å². The zero-order valence-corrected chi connectivity index (χ0v) is 17.3. The molecule has 2 unspecified atom stereocenters. The summed E-state index contributed by atoms with van der Waals surface area (Å²) in [6.45, 7) is 8.02. The molecule has 7 heteroatoms. The van der Waals surface area contributed by atoms with Gasteiger partial charge in [-0.25, -0.2) is 4.79 Å². The van der Waals surface area contributed by atoms with Gasteiger partial charge in [0.05, 0.1) is 32.2 Å². The molecule has 27 heavy (non-hydrogen) atoms. The molecule has 7 nitrogen and oxygen atoms in total. The van der Waals surface area contributed by atoms with Gasteiger partial charge in [0.25, 0.3) is 0 Å².